The Balaban J connectivity index is 2.15. The van der Waals surface area contributed by atoms with Gasteiger partial charge in [0.25, 0.3) is 0 Å². The van der Waals surface area contributed by atoms with Crippen molar-refractivity contribution in [2.75, 3.05) is 32.2 Å². The lowest BCUT2D eigenvalue weighted by Crippen LogP contribution is -2.00. The van der Waals surface area contributed by atoms with Crippen LogP contribution in [0.1, 0.15) is 12.0 Å². The van der Waals surface area contributed by atoms with E-state index in [1.165, 1.54) is 5.56 Å². The van der Waals surface area contributed by atoms with Gasteiger partial charge in [0.2, 0.25) is 5.75 Å². The van der Waals surface area contributed by atoms with Gasteiger partial charge in [0.1, 0.15) is 0 Å². The monoisotopic (exact) mass is 221 g/mol. The van der Waals surface area contributed by atoms with Gasteiger partial charge < -0.3 is 19.5 Å². The molecule has 16 heavy (non-hydrogen) atoms. The van der Waals surface area contributed by atoms with Crippen LogP contribution in [0.2, 0.25) is 0 Å². The van der Waals surface area contributed by atoms with E-state index in [4.69, 9.17) is 14.2 Å². The van der Waals surface area contributed by atoms with E-state index in [0.717, 1.165) is 42.3 Å². The highest BCUT2D eigenvalue weighted by Gasteiger charge is 2.25. The second kappa shape index (κ2) is 3.77. The second-order valence-electron chi connectivity index (χ2n) is 4.00. The lowest BCUT2D eigenvalue weighted by molar-refractivity contribution is 0.289. The maximum atomic E-state index is 5.71. The van der Waals surface area contributed by atoms with Crippen LogP contribution >= 0.6 is 0 Å². The molecule has 0 amide bonds. The van der Waals surface area contributed by atoms with Crippen LogP contribution in [-0.2, 0) is 6.42 Å². The fraction of sp³-hybridized carbons (Fsp3) is 0.500. The van der Waals surface area contributed by atoms with E-state index in [1.54, 1.807) is 7.11 Å². The first-order chi connectivity index (χ1) is 7.90. The summed E-state index contributed by atoms with van der Waals surface area (Å²) >= 11 is 0. The molecule has 0 aliphatic carbocycles. The maximum Gasteiger partial charge on any atom is 0.205 e. The van der Waals surface area contributed by atoms with Gasteiger partial charge >= 0.3 is 0 Å². The van der Waals surface area contributed by atoms with Crippen molar-refractivity contribution in [3.8, 4) is 17.2 Å². The van der Waals surface area contributed by atoms with Crippen molar-refractivity contribution in [2.45, 2.75) is 12.8 Å². The smallest absolute Gasteiger partial charge is 0.205 e. The van der Waals surface area contributed by atoms with Gasteiger partial charge in [0.15, 0.2) is 11.5 Å². The van der Waals surface area contributed by atoms with E-state index in [0.29, 0.717) is 13.2 Å². The molecule has 2 aliphatic heterocycles. The lowest BCUT2D eigenvalue weighted by atomic mass is 10.1. The molecular formula is C12H15NO3. The quantitative estimate of drug-likeness (QED) is 0.785. The summed E-state index contributed by atoms with van der Waals surface area (Å²) in [4.78, 5) is 0. The Kier molecular flexibility index (Phi) is 2.27. The van der Waals surface area contributed by atoms with E-state index in [1.807, 2.05) is 0 Å². The molecule has 4 heteroatoms. The van der Waals surface area contributed by atoms with Gasteiger partial charge in [0, 0.05) is 13.0 Å². The number of benzene rings is 1. The lowest BCUT2D eigenvalue weighted by Gasteiger charge is -2.15. The third kappa shape index (κ3) is 1.37. The summed E-state index contributed by atoms with van der Waals surface area (Å²) in [5.41, 5.74) is 2.31. The van der Waals surface area contributed by atoms with Crippen molar-refractivity contribution < 1.29 is 14.2 Å². The average Bonchev–Trinajstić information content (AvgIpc) is 2.63. The summed E-state index contributed by atoms with van der Waals surface area (Å²) in [6.45, 7) is 2.35. The molecule has 0 saturated carbocycles. The van der Waals surface area contributed by atoms with Crippen LogP contribution in [0.25, 0.3) is 0 Å². The summed E-state index contributed by atoms with van der Waals surface area (Å²) in [5.74, 6) is 2.34. The van der Waals surface area contributed by atoms with Gasteiger partial charge in [-0.25, -0.2) is 0 Å². The molecule has 0 unspecified atom stereocenters. The van der Waals surface area contributed by atoms with Crippen LogP contribution in [0.3, 0.4) is 0 Å². The van der Waals surface area contributed by atoms with Crippen LogP contribution in [0.5, 0.6) is 17.2 Å². The Labute approximate surface area is 94.5 Å². The molecule has 1 aromatic rings. The van der Waals surface area contributed by atoms with Crippen LogP contribution in [-0.4, -0.2) is 26.9 Å². The Bertz CT molecular complexity index is 417. The first-order valence-corrected chi connectivity index (χ1v) is 5.63. The summed E-state index contributed by atoms with van der Waals surface area (Å²) in [6.07, 6.45) is 1.93. The summed E-state index contributed by atoms with van der Waals surface area (Å²) in [6, 6.07) is 2.07. The number of nitrogens with one attached hydrogen (secondary N) is 1. The summed E-state index contributed by atoms with van der Waals surface area (Å²) < 4.78 is 16.8. The van der Waals surface area contributed by atoms with E-state index >= 15 is 0 Å². The van der Waals surface area contributed by atoms with Crippen LogP contribution in [0.4, 0.5) is 5.69 Å². The Morgan fingerprint density at radius 3 is 3.06 bits per heavy atom. The summed E-state index contributed by atoms with van der Waals surface area (Å²) in [5, 5.41) is 3.33. The number of methoxy groups -OCH3 is 1. The van der Waals surface area contributed by atoms with Gasteiger partial charge in [-0.05, 0) is 18.1 Å². The minimum absolute atomic E-state index is 0.683. The molecule has 0 fully saturated rings. The molecule has 1 aromatic carbocycles. The van der Waals surface area contributed by atoms with E-state index < -0.39 is 0 Å². The molecule has 1 N–H and O–H groups in total. The first kappa shape index (κ1) is 9.63. The molecule has 2 aliphatic rings. The van der Waals surface area contributed by atoms with Crippen molar-refractivity contribution in [1.82, 2.24) is 0 Å². The molecule has 0 radical (unpaired) electrons. The predicted molar refractivity (Wildman–Crippen MR) is 60.8 cm³/mol. The summed E-state index contributed by atoms with van der Waals surface area (Å²) in [7, 11) is 1.67. The standard InChI is InChI=1S/C12H15NO3/c1-14-12-10-8(3-4-13-10)7-9-11(12)16-6-2-5-15-9/h7,13H,2-6H2,1H3. The maximum absolute atomic E-state index is 5.71. The molecule has 0 aromatic heterocycles. The average molecular weight is 221 g/mol. The fourth-order valence-corrected chi connectivity index (χ4v) is 2.23. The second-order valence-corrected chi connectivity index (χ2v) is 4.00. The van der Waals surface area contributed by atoms with Crippen LogP contribution in [0, 0.1) is 0 Å². The zero-order chi connectivity index (χ0) is 11.0. The molecule has 0 atom stereocenters. The molecular weight excluding hydrogens is 206 g/mol. The topological polar surface area (TPSA) is 39.7 Å². The number of ether oxygens (including phenoxy) is 3. The Morgan fingerprint density at radius 1 is 1.31 bits per heavy atom. The van der Waals surface area contributed by atoms with Crippen molar-refractivity contribution in [3.05, 3.63) is 11.6 Å². The van der Waals surface area contributed by atoms with Crippen LogP contribution < -0.4 is 19.5 Å². The van der Waals surface area contributed by atoms with Crippen molar-refractivity contribution in [1.29, 1.82) is 0 Å². The van der Waals surface area contributed by atoms with E-state index in [2.05, 4.69) is 11.4 Å². The molecule has 3 rings (SSSR count). The molecule has 86 valence electrons. The van der Waals surface area contributed by atoms with Gasteiger partial charge in [-0.2, -0.15) is 0 Å². The van der Waals surface area contributed by atoms with Crippen LogP contribution in [0.15, 0.2) is 6.07 Å². The Morgan fingerprint density at radius 2 is 2.19 bits per heavy atom. The number of hydrogen-bond donors (Lipinski definition) is 1. The van der Waals surface area contributed by atoms with Crippen molar-refractivity contribution >= 4 is 5.69 Å². The van der Waals surface area contributed by atoms with Gasteiger partial charge in [-0.3, -0.25) is 0 Å². The van der Waals surface area contributed by atoms with Crippen molar-refractivity contribution in [3.63, 3.8) is 0 Å². The molecule has 0 saturated heterocycles. The van der Waals surface area contributed by atoms with E-state index in [-0.39, 0.29) is 0 Å². The number of anilines is 1. The Hall–Kier alpha value is -1.58. The molecule has 0 spiro atoms. The first-order valence-electron chi connectivity index (χ1n) is 5.63. The molecule has 4 nitrogen and oxygen atoms in total. The largest absolute Gasteiger partial charge is 0.491 e. The third-order valence-corrected chi connectivity index (χ3v) is 2.98. The van der Waals surface area contributed by atoms with E-state index in [9.17, 15) is 0 Å². The highest BCUT2D eigenvalue weighted by atomic mass is 16.5. The van der Waals surface area contributed by atoms with Gasteiger partial charge in [0.05, 0.1) is 26.0 Å². The highest BCUT2D eigenvalue weighted by molar-refractivity contribution is 5.74. The van der Waals surface area contributed by atoms with Gasteiger partial charge in [-0.1, -0.05) is 0 Å². The number of fused-ring (bicyclic) bond motifs is 2. The highest BCUT2D eigenvalue weighted by Crippen LogP contribution is 2.47. The minimum atomic E-state index is 0.683. The van der Waals surface area contributed by atoms with Gasteiger partial charge in [-0.15, -0.1) is 0 Å². The number of rotatable bonds is 1. The predicted octanol–water partition coefficient (Wildman–Crippen LogP) is 1.82. The number of hydrogen-bond acceptors (Lipinski definition) is 4. The SMILES string of the molecule is COc1c2c(cc3c1OCCCO3)CCN2. The third-order valence-electron chi connectivity index (χ3n) is 2.98. The zero-order valence-electron chi connectivity index (χ0n) is 9.34. The zero-order valence-corrected chi connectivity index (χ0v) is 9.34. The van der Waals surface area contributed by atoms with Crippen molar-refractivity contribution in [2.24, 2.45) is 0 Å². The normalized spacial score (nSPS) is 17.3. The minimum Gasteiger partial charge on any atom is -0.491 e. The molecule has 0 bridgehead atoms. The molecule has 2 heterocycles. The fourth-order valence-electron chi connectivity index (χ4n) is 2.23.